The number of aryl methyl sites for hydroxylation is 2. The number of carbonyl (C=O) groups excluding carboxylic acids is 3. The van der Waals surface area contributed by atoms with Crippen molar-refractivity contribution >= 4 is 58.4 Å². The van der Waals surface area contributed by atoms with Crippen molar-refractivity contribution in [2.75, 3.05) is 24.7 Å². The molecular formula is C42H45N5O5. The molecule has 0 atom stereocenters. The molecule has 0 bridgehead atoms. The Labute approximate surface area is 303 Å². The second-order valence-electron chi connectivity index (χ2n) is 14.2. The molecule has 4 aliphatic rings. The van der Waals surface area contributed by atoms with E-state index in [0.29, 0.717) is 30.4 Å². The van der Waals surface area contributed by atoms with E-state index in [-0.39, 0.29) is 24.1 Å². The van der Waals surface area contributed by atoms with Crippen molar-refractivity contribution in [3.8, 4) is 0 Å². The fourth-order valence-electron chi connectivity index (χ4n) is 7.91. The lowest BCUT2D eigenvalue weighted by Gasteiger charge is -2.14. The third kappa shape index (κ3) is 7.10. The zero-order chi connectivity index (χ0) is 36.4. The van der Waals surface area contributed by atoms with Crippen molar-refractivity contribution < 1.29 is 24.3 Å². The quantitative estimate of drug-likeness (QED) is 0.128. The van der Waals surface area contributed by atoms with E-state index in [2.05, 4.69) is 20.6 Å². The van der Waals surface area contributed by atoms with Crippen molar-refractivity contribution in [1.29, 1.82) is 0 Å². The van der Waals surface area contributed by atoms with Gasteiger partial charge in [0.05, 0.1) is 11.1 Å². The van der Waals surface area contributed by atoms with Crippen LogP contribution in [0.5, 0.6) is 0 Å². The average molecular weight is 700 g/mol. The number of aliphatic carboxylic acids is 1. The molecule has 2 aromatic heterocycles. The number of nitrogens with zero attached hydrogens (tertiary/aromatic N) is 1. The molecule has 0 spiro atoms. The molecular weight excluding hydrogens is 654 g/mol. The van der Waals surface area contributed by atoms with Crippen LogP contribution in [0.3, 0.4) is 0 Å². The summed E-state index contributed by atoms with van der Waals surface area (Å²) < 4.78 is 0. The number of amides is 3. The smallest absolute Gasteiger partial charge is 0.303 e. The van der Waals surface area contributed by atoms with Gasteiger partial charge in [0.2, 0.25) is 5.91 Å². The molecule has 0 radical (unpaired) electrons. The van der Waals surface area contributed by atoms with E-state index in [1.165, 1.54) is 40.9 Å². The monoisotopic (exact) mass is 699 g/mol. The minimum atomic E-state index is -0.798. The van der Waals surface area contributed by atoms with Gasteiger partial charge in [-0.3, -0.25) is 19.2 Å². The van der Waals surface area contributed by atoms with E-state index < -0.39 is 5.97 Å². The summed E-state index contributed by atoms with van der Waals surface area (Å²) >= 11 is 0. The molecule has 0 fully saturated rings. The number of para-hydroxylation sites is 2. The maximum atomic E-state index is 12.5. The minimum absolute atomic E-state index is 0.0703. The molecule has 5 N–H and O–H groups in total. The van der Waals surface area contributed by atoms with Gasteiger partial charge in [-0.1, -0.05) is 36.4 Å². The predicted molar refractivity (Wildman–Crippen MR) is 204 cm³/mol. The lowest BCUT2D eigenvalue weighted by atomic mass is 9.92. The van der Waals surface area contributed by atoms with Crippen molar-refractivity contribution in [1.82, 2.24) is 14.9 Å². The van der Waals surface area contributed by atoms with Crippen molar-refractivity contribution in [2.24, 2.45) is 0 Å². The zero-order valence-corrected chi connectivity index (χ0v) is 29.8. The first-order valence-electron chi connectivity index (χ1n) is 18.3. The molecule has 0 saturated carbocycles. The Morgan fingerprint density at radius 1 is 0.673 bits per heavy atom. The highest BCUT2D eigenvalue weighted by molar-refractivity contribution is 6.35. The number of H-pyrrole nitrogens is 2. The molecule has 10 heteroatoms. The van der Waals surface area contributed by atoms with E-state index in [1.54, 1.807) is 19.0 Å². The number of hydrogen-bond acceptors (Lipinski definition) is 4. The van der Waals surface area contributed by atoms with Crippen LogP contribution in [0.4, 0.5) is 11.4 Å². The number of aromatic amines is 2. The van der Waals surface area contributed by atoms with Gasteiger partial charge in [-0.05, 0) is 111 Å². The van der Waals surface area contributed by atoms with Crippen LogP contribution in [0.2, 0.25) is 0 Å². The Bertz CT molecular complexity index is 2130. The van der Waals surface area contributed by atoms with Crippen LogP contribution < -0.4 is 10.6 Å². The number of carboxylic acids is 1. The molecule has 3 amide bonds. The van der Waals surface area contributed by atoms with Crippen LogP contribution in [0, 0.1) is 0 Å². The number of rotatable bonds is 8. The minimum Gasteiger partial charge on any atom is -0.481 e. The number of aromatic nitrogens is 2. The Morgan fingerprint density at radius 2 is 1.12 bits per heavy atom. The van der Waals surface area contributed by atoms with Gasteiger partial charge in [-0.25, -0.2) is 0 Å². The normalized spacial score (nSPS) is 17.0. The summed E-state index contributed by atoms with van der Waals surface area (Å²) in [7, 11) is 3.58. The Hall–Kier alpha value is -5.64. The van der Waals surface area contributed by atoms with Crippen molar-refractivity contribution in [2.45, 2.75) is 77.0 Å². The summed E-state index contributed by atoms with van der Waals surface area (Å²) in [6, 6.07) is 15.4. The number of benzene rings is 2. The lowest BCUT2D eigenvalue weighted by Crippen LogP contribution is -2.22. The van der Waals surface area contributed by atoms with Gasteiger partial charge in [0.25, 0.3) is 11.8 Å². The van der Waals surface area contributed by atoms with Gasteiger partial charge in [0.15, 0.2) is 0 Å². The van der Waals surface area contributed by atoms with Gasteiger partial charge in [0.1, 0.15) is 0 Å². The maximum Gasteiger partial charge on any atom is 0.303 e. The Balaban J connectivity index is 0.000000162. The van der Waals surface area contributed by atoms with Crippen molar-refractivity contribution in [3.63, 3.8) is 0 Å². The first-order valence-corrected chi connectivity index (χ1v) is 18.3. The second-order valence-corrected chi connectivity index (χ2v) is 14.2. The van der Waals surface area contributed by atoms with Crippen LogP contribution in [0.1, 0.15) is 94.7 Å². The molecule has 2 aliphatic heterocycles. The maximum absolute atomic E-state index is 12.5. The SMILES string of the molecule is CN(C)C(=O)CCc1c(C=C2C(=O)Nc3ccccc32)[nH]c2c1CCCC2.O=C(O)CCc1c(C=C2C(=O)Nc3ccccc32)[nH]c2c1CCCC2. The number of carbonyl (C=O) groups is 4. The molecule has 268 valence electrons. The molecule has 4 heterocycles. The molecule has 2 aliphatic carbocycles. The number of anilines is 2. The zero-order valence-electron chi connectivity index (χ0n) is 29.8. The highest BCUT2D eigenvalue weighted by Gasteiger charge is 2.28. The molecule has 8 rings (SSSR count). The second kappa shape index (κ2) is 14.9. The fourth-order valence-corrected chi connectivity index (χ4v) is 7.91. The van der Waals surface area contributed by atoms with Gasteiger partial charge < -0.3 is 30.6 Å². The third-order valence-corrected chi connectivity index (χ3v) is 10.6. The van der Waals surface area contributed by atoms with Crippen LogP contribution >= 0.6 is 0 Å². The molecule has 0 unspecified atom stereocenters. The summed E-state index contributed by atoms with van der Waals surface area (Å²) in [6.07, 6.45) is 14.3. The van der Waals surface area contributed by atoms with Crippen LogP contribution in [0.25, 0.3) is 23.3 Å². The van der Waals surface area contributed by atoms with Gasteiger partial charge in [-0.2, -0.15) is 0 Å². The van der Waals surface area contributed by atoms with Crippen LogP contribution in [0.15, 0.2) is 48.5 Å². The summed E-state index contributed by atoms with van der Waals surface area (Å²) in [5.74, 6) is -0.853. The predicted octanol–water partition coefficient (Wildman–Crippen LogP) is 6.81. The summed E-state index contributed by atoms with van der Waals surface area (Å²) in [6.45, 7) is 0. The summed E-state index contributed by atoms with van der Waals surface area (Å²) in [5, 5.41) is 14.9. The lowest BCUT2D eigenvalue weighted by molar-refractivity contribution is -0.137. The number of carboxylic acid groups (broad SMARTS) is 1. The summed E-state index contributed by atoms with van der Waals surface area (Å²) in [4.78, 5) is 56.7. The molecule has 10 nitrogen and oxygen atoms in total. The molecule has 2 aromatic carbocycles. The van der Waals surface area contributed by atoms with Gasteiger partial charge >= 0.3 is 5.97 Å². The molecule has 4 aromatic rings. The summed E-state index contributed by atoms with van der Waals surface area (Å²) in [5.41, 5.74) is 14.0. The number of hydrogen-bond donors (Lipinski definition) is 5. The molecule has 0 saturated heterocycles. The highest BCUT2D eigenvalue weighted by atomic mass is 16.4. The van der Waals surface area contributed by atoms with E-state index in [9.17, 15) is 19.2 Å². The Morgan fingerprint density at radius 3 is 1.58 bits per heavy atom. The molecule has 52 heavy (non-hydrogen) atoms. The topological polar surface area (TPSA) is 147 Å². The first-order chi connectivity index (χ1) is 25.2. The van der Waals surface area contributed by atoms with Crippen LogP contribution in [-0.4, -0.2) is 57.8 Å². The third-order valence-electron chi connectivity index (χ3n) is 10.6. The van der Waals surface area contributed by atoms with E-state index >= 15 is 0 Å². The highest BCUT2D eigenvalue weighted by Crippen LogP contribution is 2.37. The average Bonchev–Trinajstić information content (AvgIpc) is 3.86. The Kier molecular flexibility index (Phi) is 9.98. The number of nitrogens with one attached hydrogen (secondary N) is 4. The van der Waals surface area contributed by atoms with Crippen molar-refractivity contribution in [3.05, 3.63) is 105 Å². The van der Waals surface area contributed by atoms with E-state index in [0.717, 1.165) is 78.0 Å². The standard InChI is InChI=1S/C22H25N3O2.C20H20N2O3/c1-25(2)21(26)12-11-16-14-7-3-5-9-18(14)23-20(16)13-17-15-8-4-6-10-19(15)24-22(17)27;23-19(24)10-9-14-12-5-1-3-7-16(12)21-18(14)11-15-13-6-2-4-8-17(13)22-20(15)25/h4,6,8,10,13,23H,3,5,7,9,11-12H2,1-2H3,(H,24,27);2,4,6,8,11,21H,1,3,5,7,9-10H2,(H,22,25)(H,23,24). The largest absolute Gasteiger partial charge is 0.481 e. The first kappa shape index (κ1) is 34.8. The van der Waals surface area contributed by atoms with E-state index in [1.807, 2.05) is 60.7 Å². The fraction of sp³-hybridized carbons (Fsp3) is 0.333. The number of fused-ring (bicyclic) bond motifs is 4. The van der Waals surface area contributed by atoms with Gasteiger partial charge in [0, 0.05) is 72.2 Å². The van der Waals surface area contributed by atoms with Crippen LogP contribution in [-0.2, 0) is 57.7 Å². The van der Waals surface area contributed by atoms with Gasteiger partial charge in [-0.15, -0.1) is 0 Å². The van der Waals surface area contributed by atoms with E-state index in [4.69, 9.17) is 5.11 Å².